The van der Waals surface area contributed by atoms with Crippen molar-refractivity contribution >= 4 is 34.9 Å². The number of carbonyl (C=O) groups is 1. The molecule has 1 aliphatic heterocycles. The van der Waals surface area contributed by atoms with Gasteiger partial charge in [0.15, 0.2) is 0 Å². The Morgan fingerprint density at radius 1 is 1.30 bits per heavy atom. The number of aromatic nitrogens is 3. The number of aliphatic hydroxyl groups is 1. The Morgan fingerprint density at radius 3 is 2.67 bits per heavy atom. The van der Waals surface area contributed by atoms with Gasteiger partial charge in [0, 0.05) is 28.5 Å². The quantitative estimate of drug-likeness (QED) is 0.588. The first-order valence-electron chi connectivity index (χ1n) is 10.0. The first-order chi connectivity index (χ1) is 14.3. The van der Waals surface area contributed by atoms with Gasteiger partial charge in [0.05, 0.1) is 24.4 Å². The summed E-state index contributed by atoms with van der Waals surface area (Å²) in [5.41, 5.74) is 1.46. The molecular formula is C20H27Cl2N5O3. The Balaban J connectivity index is 1.49. The van der Waals surface area contributed by atoms with E-state index in [0.717, 1.165) is 18.5 Å². The maximum Gasteiger partial charge on any atom is 0.319 e. The molecule has 1 aromatic heterocycles. The second kappa shape index (κ2) is 10.4. The number of aliphatic hydroxyl groups excluding tert-OH is 1. The summed E-state index contributed by atoms with van der Waals surface area (Å²) in [5, 5.41) is 24.5. The molecule has 3 atom stereocenters. The lowest BCUT2D eigenvalue weighted by Crippen LogP contribution is -2.52. The van der Waals surface area contributed by atoms with E-state index in [2.05, 4.69) is 34.8 Å². The number of nitrogens with one attached hydrogen (secondary N) is 2. The van der Waals surface area contributed by atoms with Crippen LogP contribution in [0, 0.1) is 0 Å². The number of benzene rings is 1. The predicted octanol–water partition coefficient (Wildman–Crippen LogP) is 3.83. The maximum atomic E-state index is 12.4. The fourth-order valence-electron chi connectivity index (χ4n) is 3.43. The van der Waals surface area contributed by atoms with Crippen molar-refractivity contribution < 1.29 is 14.6 Å². The Bertz CT molecular complexity index is 840. The number of aryl methyl sites for hydroxylation is 1. The average molecular weight is 456 g/mol. The highest BCUT2D eigenvalue weighted by Gasteiger charge is 2.32. The summed E-state index contributed by atoms with van der Waals surface area (Å²) in [7, 11) is 0. The van der Waals surface area contributed by atoms with Gasteiger partial charge in [0.25, 0.3) is 0 Å². The molecule has 1 fully saturated rings. The predicted molar refractivity (Wildman–Crippen MR) is 116 cm³/mol. The molecule has 0 saturated carbocycles. The van der Waals surface area contributed by atoms with Gasteiger partial charge in [0.2, 0.25) is 0 Å². The third-order valence-electron chi connectivity index (χ3n) is 5.06. The number of urea groups is 1. The minimum atomic E-state index is -0.473. The summed E-state index contributed by atoms with van der Waals surface area (Å²) in [6.45, 7) is 4.67. The summed E-state index contributed by atoms with van der Waals surface area (Å²) >= 11 is 11.9. The molecule has 2 aromatic rings. The number of nitrogens with zero attached hydrogens (tertiary/aromatic N) is 3. The standard InChI is InChI=1S/C20H27Cl2N5O3/c1-12(2)18-10-27(26-25-18)6-5-16-3-4-17(19(11-28)30-16)24-20(29)23-15-8-13(21)7-14(22)9-15/h7-10,12,16-17,19,28H,3-6,11H2,1-2H3,(H2,23,24,29)/t16-,17+,19-/m0/s1. The number of ether oxygens (including phenoxy) is 1. The van der Waals surface area contributed by atoms with E-state index in [1.54, 1.807) is 18.2 Å². The molecule has 1 saturated heterocycles. The van der Waals surface area contributed by atoms with Crippen molar-refractivity contribution in [2.45, 2.75) is 63.8 Å². The van der Waals surface area contributed by atoms with E-state index in [0.29, 0.717) is 34.6 Å². The minimum Gasteiger partial charge on any atom is -0.394 e. The SMILES string of the molecule is CC(C)c1cn(CC[C@@H]2CC[C@@H](NC(=O)Nc3cc(Cl)cc(Cl)c3)[C@H](CO)O2)nn1. The van der Waals surface area contributed by atoms with E-state index in [-0.39, 0.29) is 18.8 Å². The Kier molecular flexibility index (Phi) is 7.93. The van der Waals surface area contributed by atoms with E-state index < -0.39 is 12.1 Å². The topological polar surface area (TPSA) is 101 Å². The second-order valence-electron chi connectivity index (χ2n) is 7.77. The number of anilines is 1. The first kappa shape index (κ1) is 22.8. The third kappa shape index (κ3) is 6.31. The molecule has 164 valence electrons. The molecule has 0 radical (unpaired) electrons. The third-order valence-corrected chi connectivity index (χ3v) is 5.50. The van der Waals surface area contributed by atoms with Crippen LogP contribution in [0.3, 0.4) is 0 Å². The van der Waals surface area contributed by atoms with Gasteiger partial charge in [-0.2, -0.15) is 0 Å². The molecule has 0 aliphatic carbocycles. The van der Waals surface area contributed by atoms with E-state index >= 15 is 0 Å². The van der Waals surface area contributed by atoms with Crippen LogP contribution in [0.2, 0.25) is 10.0 Å². The molecule has 3 rings (SSSR count). The van der Waals surface area contributed by atoms with E-state index in [9.17, 15) is 9.90 Å². The zero-order valence-electron chi connectivity index (χ0n) is 17.0. The Hall–Kier alpha value is -1.87. The molecule has 30 heavy (non-hydrogen) atoms. The van der Waals surface area contributed by atoms with Gasteiger partial charge in [-0.15, -0.1) is 5.10 Å². The fraction of sp³-hybridized carbons (Fsp3) is 0.550. The van der Waals surface area contributed by atoms with Crippen LogP contribution in [0.15, 0.2) is 24.4 Å². The van der Waals surface area contributed by atoms with Crippen LogP contribution in [-0.2, 0) is 11.3 Å². The number of rotatable bonds is 7. The highest BCUT2D eigenvalue weighted by atomic mass is 35.5. The zero-order valence-corrected chi connectivity index (χ0v) is 18.5. The summed E-state index contributed by atoms with van der Waals surface area (Å²) in [6.07, 6.45) is 3.70. The zero-order chi connectivity index (χ0) is 21.7. The van der Waals surface area contributed by atoms with E-state index in [4.69, 9.17) is 27.9 Å². The molecule has 0 bridgehead atoms. The molecule has 3 N–H and O–H groups in total. The van der Waals surface area contributed by atoms with E-state index in [1.165, 1.54) is 0 Å². The molecule has 1 aromatic carbocycles. The van der Waals surface area contributed by atoms with Crippen LogP contribution >= 0.6 is 23.2 Å². The molecule has 2 amide bonds. The molecule has 1 aliphatic rings. The molecule has 8 nitrogen and oxygen atoms in total. The first-order valence-corrected chi connectivity index (χ1v) is 10.8. The lowest BCUT2D eigenvalue weighted by atomic mass is 9.97. The normalized spacial score (nSPS) is 21.6. The molecule has 0 unspecified atom stereocenters. The lowest BCUT2D eigenvalue weighted by molar-refractivity contribution is -0.0905. The van der Waals surface area contributed by atoms with Crippen molar-refractivity contribution in [2.75, 3.05) is 11.9 Å². The van der Waals surface area contributed by atoms with Crippen molar-refractivity contribution in [1.29, 1.82) is 0 Å². The lowest BCUT2D eigenvalue weighted by Gasteiger charge is -2.36. The summed E-state index contributed by atoms with van der Waals surface area (Å²) in [6, 6.07) is 4.12. The fourth-order valence-corrected chi connectivity index (χ4v) is 3.96. The van der Waals surface area contributed by atoms with Crippen LogP contribution in [0.25, 0.3) is 0 Å². The van der Waals surface area contributed by atoms with Crippen molar-refractivity contribution in [1.82, 2.24) is 20.3 Å². The highest BCUT2D eigenvalue weighted by molar-refractivity contribution is 6.35. The summed E-state index contributed by atoms with van der Waals surface area (Å²) in [4.78, 5) is 12.4. The maximum absolute atomic E-state index is 12.4. The van der Waals surface area contributed by atoms with Crippen LogP contribution < -0.4 is 10.6 Å². The van der Waals surface area contributed by atoms with Crippen molar-refractivity contribution in [2.24, 2.45) is 0 Å². The number of hydrogen-bond acceptors (Lipinski definition) is 5. The van der Waals surface area contributed by atoms with Crippen LogP contribution in [-0.4, -0.2) is 51.0 Å². The van der Waals surface area contributed by atoms with Crippen molar-refractivity contribution in [3.63, 3.8) is 0 Å². The number of hydrogen-bond donors (Lipinski definition) is 3. The molecular weight excluding hydrogens is 429 g/mol. The van der Waals surface area contributed by atoms with Gasteiger partial charge in [0.1, 0.15) is 6.10 Å². The monoisotopic (exact) mass is 455 g/mol. The Morgan fingerprint density at radius 2 is 2.03 bits per heavy atom. The molecule has 10 heteroatoms. The molecule has 0 spiro atoms. The molecule has 2 heterocycles. The second-order valence-corrected chi connectivity index (χ2v) is 8.64. The minimum absolute atomic E-state index is 0.0123. The Labute approximate surface area is 185 Å². The van der Waals surface area contributed by atoms with Gasteiger partial charge in [-0.25, -0.2) is 4.79 Å². The smallest absolute Gasteiger partial charge is 0.319 e. The highest BCUT2D eigenvalue weighted by Crippen LogP contribution is 2.24. The average Bonchev–Trinajstić information content (AvgIpc) is 3.15. The number of amides is 2. The summed E-state index contributed by atoms with van der Waals surface area (Å²) in [5.74, 6) is 0.337. The van der Waals surface area contributed by atoms with Gasteiger partial charge < -0.3 is 20.5 Å². The van der Waals surface area contributed by atoms with Gasteiger partial charge in [-0.1, -0.05) is 42.3 Å². The number of carbonyl (C=O) groups excluding carboxylic acids is 1. The largest absolute Gasteiger partial charge is 0.394 e. The van der Waals surface area contributed by atoms with Crippen LogP contribution in [0.5, 0.6) is 0 Å². The van der Waals surface area contributed by atoms with Gasteiger partial charge in [-0.3, -0.25) is 4.68 Å². The summed E-state index contributed by atoms with van der Waals surface area (Å²) < 4.78 is 7.84. The van der Waals surface area contributed by atoms with Gasteiger partial charge in [-0.05, 0) is 43.4 Å². The number of halogens is 2. The van der Waals surface area contributed by atoms with Crippen molar-refractivity contribution in [3.8, 4) is 0 Å². The van der Waals surface area contributed by atoms with Crippen LogP contribution in [0.4, 0.5) is 10.5 Å². The van der Waals surface area contributed by atoms with E-state index in [1.807, 2.05) is 10.9 Å². The van der Waals surface area contributed by atoms with Gasteiger partial charge >= 0.3 is 6.03 Å². The van der Waals surface area contributed by atoms with Crippen molar-refractivity contribution in [3.05, 3.63) is 40.1 Å². The van der Waals surface area contributed by atoms with Crippen LogP contribution in [0.1, 0.15) is 44.7 Å².